The van der Waals surface area contributed by atoms with Crippen LogP contribution in [0.3, 0.4) is 0 Å². The minimum absolute atomic E-state index is 0.263. The van der Waals surface area contributed by atoms with Gasteiger partial charge in [0.2, 0.25) is 0 Å². The molecule has 0 amide bonds. The van der Waals surface area contributed by atoms with Crippen molar-refractivity contribution in [3.8, 4) is 0 Å². The van der Waals surface area contributed by atoms with Crippen LogP contribution < -0.4 is 0 Å². The average molecular weight is 238 g/mol. The third-order valence-corrected chi connectivity index (χ3v) is 4.68. The molecule has 6 heteroatoms. The lowest BCUT2D eigenvalue weighted by atomic mass is 9.89. The van der Waals surface area contributed by atoms with Crippen LogP contribution in [0, 0.1) is 11.8 Å². The van der Waals surface area contributed by atoms with E-state index in [1.165, 1.54) is 11.5 Å². The molecule has 0 spiro atoms. The fourth-order valence-corrected chi connectivity index (χ4v) is 3.78. The van der Waals surface area contributed by atoms with E-state index in [1.54, 1.807) is 0 Å². The molecule has 2 saturated heterocycles. The third kappa shape index (κ3) is 2.62. The lowest BCUT2D eigenvalue weighted by Crippen LogP contribution is -2.34. The summed E-state index contributed by atoms with van der Waals surface area (Å²) in [4.78, 5) is 0. The van der Waals surface area contributed by atoms with Crippen molar-refractivity contribution in [1.29, 1.82) is 0 Å². The molecular formula is C8H14O4S2. The molecule has 2 heterocycles. The molecule has 2 rings (SSSR count). The van der Waals surface area contributed by atoms with Gasteiger partial charge in [0.25, 0.3) is 0 Å². The lowest BCUT2D eigenvalue weighted by molar-refractivity contribution is 0.0669. The second-order valence-electron chi connectivity index (χ2n) is 3.69. The predicted octanol–water partition coefficient (Wildman–Crippen LogP) is 1.04. The molecule has 14 heavy (non-hydrogen) atoms. The van der Waals surface area contributed by atoms with Gasteiger partial charge in [0.05, 0.1) is 13.2 Å². The van der Waals surface area contributed by atoms with Crippen molar-refractivity contribution in [2.24, 2.45) is 11.8 Å². The minimum atomic E-state index is -3.66. The van der Waals surface area contributed by atoms with Crippen LogP contribution >= 0.6 is 11.8 Å². The second kappa shape index (κ2) is 4.38. The minimum Gasteiger partial charge on any atom is -0.248 e. The Bertz CT molecular complexity index is 268. The Labute approximate surface area is 88.7 Å². The maximum atomic E-state index is 10.8. The number of hydrogen-bond acceptors (Lipinski definition) is 5. The van der Waals surface area contributed by atoms with Crippen LogP contribution in [0.15, 0.2) is 0 Å². The van der Waals surface area contributed by atoms with Gasteiger partial charge in [-0.15, -0.1) is 0 Å². The highest BCUT2D eigenvalue weighted by Crippen LogP contribution is 2.31. The Morgan fingerprint density at radius 2 is 1.57 bits per heavy atom. The van der Waals surface area contributed by atoms with Gasteiger partial charge in [-0.2, -0.15) is 20.2 Å². The molecule has 0 saturated carbocycles. The summed E-state index contributed by atoms with van der Waals surface area (Å²) in [6.45, 7) is 0.606. The Morgan fingerprint density at radius 3 is 2.14 bits per heavy atom. The molecule has 0 aromatic heterocycles. The Kier molecular flexibility index (Phi) is 3.36. The van der Waals surface area contributed by atoms with Crippen molar-refractivity contribution in [2.75, 3.05) is 24.7 Å². The normalized spacial score (nSPS) is 30.3. The zero-order valence-electron chi connectivity index (χ0n) is 7.85. The van der Waals surface area contributed by atoms with Crippen molar-refractivity contribution in [3.63, 3.8) is 0 Å². The Morgan fingerprint density at radius 1 is 1.00 bits per heavy atom. The summed E-state index contributed by atoms with van der Waals surface area (Å²) in [5.41, 5.74) is 0. The molecule has 0 aromatic carbocycles. The summed E-state index contributed by atoms with van der Waals surface area (Å²) >= 11 is 1.96. The Balaban J connectivity index is 1.88. The number of rotatable bonds is 1. The van der Waals surface area contributed by atoms with E-state index in [-0.39, 0.29) is 5.92 Å². The van der Waals surface area contributed by atoms with E-state index < -0.39 is 10.4 Å². The SMILES string of the molecule is O=S1(=O)OCC(C2CCSCC2)CO1. The fraction of sp³-hybridized carbons (Fsp3) is 1.00. The molecule has 0 atom stereocenters. The van der Waals surface area contributed by atoms with Gasteiger partial charge in [0, 0.05) is 5.92 Å². The van der Waals surface area contributed by atoms with Crippen LogP contribution in [0.1, 0.15) is 12.8 Å². The van der Waals surface area contributed by atoms with E-state index in [1.807, 2.05) is 11.8 Å². The molecular weight excluding hydrogens is 224 g/mol. The lowest BCUT2D eigenvalue weighted by Gasteiger charge is -2.31. The fourth-order valence-electron chi connectivity index (χ4n) is 1.88. The first-order chi connectivity index (χ1) is 6.67. The molecule has 2 aliphatic heterocycles. The quantitative estimate of drug-likeness (QED) is 0.683. The number of hydrogen-bond donors (Lipinski definition) is 0. The van der Waals surface area contributed by atoms with Crippen LogP contribution in [-0.4, -0.2) is 33.1 Å². The maximum Gasteiger partial charge on any atom is 0.399 e. The zero-order chi connectivity index (χ0) is 10.0. The van der Waals surface area contributed by atoms with E-state index in [2.05, 4.69) is 8.37 Å². The Hall–Kier alpha value is 0.220. The zero-order valence-corrected chi connectivity index (χ0v) is 9.48. The summed E-state index contributed by atoms with van der Waals surface area (Å²) < 4.78 is 31.0. The van der Waals surface area contributed by atoms with Gasteiger partial charge < -0.3 is 0 Å². The van der Waals surface area contributed by atoms with Crippen LogP contribution in [0.4, 0.5) is 0 Å². The third-order valence-electron chi connectivity index (χ3n) is 2.79. The summed E-state index contributed by atoms with van der Waals surface area (Å²) in [6.07, 6.45) is 2.31. The first-order valence-electron chi connectivity index (χ1n) is 4.79. The van der Waals surface area contributed by atoms with Crippen LogP contribution in [0.2, 0.25) is 0 Å². The largest absolute Gasteiger partial charge is 0.399 e. The summed E-state index contributed by atoms with van der Waals surface area (Å²) in [7, 11) is -3.66. The van der Waals surface area contributed by atoms with Crippen molar-refractivity contribution in [3.05, 3.63) is 0 Å². The molecule has 0 aromatic rings. The van der Waals surface area contributed by atoms with Gasteiger partial charge in [-0.25, -0.2) is 8.37 Å². The topological polar surface area (TPSA) is 52.6 Å². The van der Waals surface area contributed by atoms with Gasteiger partial charge in [-0.3, -0.25) is 0 Å². The van der Waals surface area contributed by atoms with Gasteiger partial charge in [-0.05, 0) is 30.3 Å². The van der Waals surface area contributed by atoms with Gasteiger partial charge >= 0.3 is 10.4 Å². The van der Waals surface area contributed by atoms with Crippen LogP contribution in [0.25, 0.3) is 0 Å². The van der Waals surface area contributed by atoms with E-state index in [0.717, 1.165) is 12.8 Å². The standard InChI is InChI=1S/C8H14O4S2/c9-14(10)11-5-8(6-12-14)7-1-3-13-4-2-7/h7-8H,1-6H2. The second-order valence-corrected chi connectivity index (χ2v) is 6.20. The maximum absolute atomic E-state index is 10.8. The van der Waals surface area contributed by atoms with E-state index in [9.17, 15) is 8.42 Å². The van der Waals surface area contributed by atoms with Crippen molar-refractivity contribution in [2.45, 2.75) is 12.8 Å². The molecule has 4 nitrogen and oxygen atoms in total. The van der Waals surface area contributed by atoms with Gasteiger partial charge in [0.1, 0.15) is 0 Å². The monoisotopic (exact) mass is 238 g/mol. The molecule has 2 aliphatic rings. The van der Waals surface area contributed by atoms with Crippen LogP contribution in [-0.2, 0) is 18.8 Å². The highest BCUT2D eigenvalue weighted by Gasteiger charge is 2.31. The van der Waals surface area contributed by atoms with E-state index >= 15 is 0 Å². The molecule has 2 fully saturated rings. The first-order valence-corrected chi connectivity index (χ1v) is 7.28. The van der Waals surface area contributed by atoms with E-state index in [0.29, 0.717) is 19.1 Å². The van der Waals surface area contributed by atoms with Gasteiger partial charge in [0.15, 0.2) is 0 Å². The molecule has 0 unspecified atom stereocenters. The molecule has 82 valence electrons. The molecule has 0 radical (unpaired) electrons. The van der Waals surface area contributed by atoms with Crippen molar-refractivity contribution < 1.29 is 16.8 Å². The molecule has 0 aliphatic carbocycles. The highest BCUT2D eigenvalue weighted by atomic mass is 32.3. The van der Waals surface area contributed by atoms with E-state index in [4.69, 9.17) is 0 Å². The van der Waals surface area contributed by atoms with Crippen LogP contribution in [0.5, 0.6) is 0 Å². The summed E-state index contributed by atoms with van der Waals surface area (Å²) in [5.74, 6) is 3.19. The highest BCUT2D eigenvalue weighted by molar-refractivity contribution is 7.99. The molecule has 0 N–H and O–H groups in total. The van der Waals surface area contributed by atoms with Gasteiger partial charge in [-0.1, -0.05) is 0 Å². The smallest absolute Gasteiger partial charge is 0.248 e. The predicted molar refractivity (Wildman–Crippen MR) is 54.4 cm³/mol. The number of thioether (sulfide) groups is 1. The first kappa shape index (κ1) is 10.7. The average Bonchev–Trinajstić information content (AvgIpc) is 2.19. The summed E-state index contributed by atoms with van der Waals surface area (Å²) in [5, 5.41) is 0. The molecule has 0 bridgehead atoms. The summed E-state index contributed by atoms with van der Waals surface area (Å²) in [6, 6.07) is 0. The van der Waals surface area contributed by atoms with Crippen molar-refractivity contribution >= 4 is 22.2 Å². The van der Waals surface area contributed by atoms with Crippen molar-refractivity contribution in [1.82, 2.24) is 0 Å².